The molecule has 0 atom stereocenters. The van der Waals surface area contributed by atoms with E-state index in [1.165, 1.54) is 0 Å². The molecule has 88 valence electrons. The van der Waals surface area contributed by atoms with E-state index in [0.717, 1.165) is 39.3 Å². The van der Waals surface area contributed by atoms with Crippen LogP contribution in [0.15, 0.2) is 0 Å². The van der Waals surface area contributed by atoms with E-state index in [1.54, 1.807) is 0 Å². The fourth-order valence-electron chi connectivity index (χ4n) is 1.27. The van der Waals surface area contributed by atoms with Gasteiger partial charge in [0.05, 0.1) is 12.7 Å². The van der Waals surface area contributed by atoms with Crippen molar-refractivity contribution in [3.05, 3.63) is 0 Å². The summed E-state index contributed by atoms with van der Waals surface area (Å²) in [6.45, 7) is 10.7. The van der Waals surface area contributed by atoms with Crippen molar-refractivity contribution in [3.63, 3.8) is 0 Å². The maximum Gasteiger partial charge on any atom is 0.0824 e. The van der Waals surface area contributed by atoms with Crippen LogP contribution in [0.25, 0.3) is 0 Å². The largest absolute Gasteiger partial charge is 0.374 e. The lowest BCUT2D eigenvalue weighted by atomic mass is 10.2. The van der Waals surface area contributed by atoms with E-state index in [1.807, 2.05) is 0 Å². The quantitative estimate of drug-likeness (QED) is 0.760. The Labute approximate surface area is 99.4 Å². The fourth-order valence-corrected chi connectivity index (χ4v) is 1.27. The van der Waals surface area contributed by atoms with Gasteiger partial charge in [-0.15, -0.1) is 24.8 Å². The first-order chi connectivity index (χ1) is 5.86. The zero-order valence-corrected chi connectivity index (χ0v) is 10.6. The van der Waals surface area contributed by atoms with Crippen molar-refractivity contribution in [3.8, 4) is 0 Å². The Morgan fingerprint density at radius 2 is 1.79 bits per heavy atom. The predicted molar refractivity (Wildman–Crippen MR) is 64.9 cm³/mol. The lowest BCUT2D eigenvalue weighted by Gasteiger charge is -2.28. The second kappa shape index (κ2) is 9.99. The third-order valence-electron chi connectivity index (χ3n) is 2.40. The molecule has 1 N–H and O–H groups in total. The summed E-state index contributed by atoms with van der Waals surface area (Å²) >= 11 is 0. The molecular weight excluding hydrogens is 223 g/mol. The summed E-state index contributed by atoms with van der Waals surface area (Å²) in [6.07, 6.45) is 0.487. The first-order valence-corrected chi connectivity index (χ1v) is 4.91. The SMILES string of the molecule is CCN(CC)CCOC1CNC1.Cl.Cl. The highest BCUT2D eigenvalue weighted by Crippen LogP contribution is 1.97. The number of halogens is 2. The molecule has 0 aromatic heterocycles. The summed E-state index contributed by atoms with van der Waals surface area (Å²) < 4.78 is 5.61. The first-order valence-electron chi connectivity index (χ1n) is 4.91. The molecule has 0 aromatic rings. The summed E-state index contributed by atoms with van der Waals surface area (Å²) in [5.41, 5.74) is 0. The highest BCUT2D eigenvalue weighted by atomic mass is 35.5. The number of ether oxygens (including phenoxy) is 1. The van der Waals surface area contributed by atoms with Crippen LogP contribution in [0.2, 0.25) is 0 Å². The summed E-state index contributed by atoms with van der Waals surface area (Å²) in [6, 6.07) is 0. The Hall–Kier alpha value is 0.460. The zero-order valence-electron chi connectivity index (χ0n) is 8.99. The molecule has 1 saturated heterocycles. The molecule has 0 amide bonds. The van der Waals surface area contributed by atoms with Crippen LogP contribution in [0, 0.1) is 0 Å². The maximum atomic E-state index is 5.61. The van der Waals surface area contributed by atoms with E-state index in [-0.39, 0.29) is 24.8 Å². The van der Waals surface area contributed by atoms with E-state index in [4.69, 9.17) is 4.74 Å². The van der Waals surface area contributed by atoms with Gasteiger partial charge in [-0.3, -0.25) is 0 Å². The van der Waals surface area contributed by atoms with Crippen molar-refractivity contribution in [1.29, 1.82) is 0 Å². The van der Waals surface area contributed by atoms with Gasteiger partial charge in [-0.25, -0.2) is 0 Å². The van der Waals surface area contributed by atoms with Gasteiger partial charge in [0.25, 0.3) is 0 Å². The molecule has 0 bridgehead atoms. The number of rotatable bonds is 6. The van der Waals surface area contributed by atoms with Crippen LogP contribution in [0.5, 0.6) is 0 Å². The predicted octanol–water partition coefficient (Wildman–Crippen LogP) is 1.16. The number of nitrogens with zero attached hydrogens (tertiary/aromatic N) is 1. The minimum absolute atomic E-state index is 0. The molecule has 1 rings (SSSR count). The summed E-state index contributed by atoms with van der Waals surface area (Å²) in [4.78, 5) is 2.38. The van der Waals surface area contributed by atoms with Crippen molar-refractivity contribution in [1.82, 2.24) is 10.2 Å². The van der Waals surface area contributed by atoms with Gasteiger partial charge in [0.15, 0.2) is 0 Å². The highest BCUT2D eigenvalue weighted by molar-refractivity contribution is 5.85. The van der Waals surface area contributed by atoms with Gasteiger partial charge in [0, 0.05) is 19.6 Å². The van der Waals surface area contributed by atoms with E-state index >= 15 is 0 Å². The summed E-state index contributed by atoms with van der Waals surface area (Å²) in [5.74, 6) is 0. The van der Waals surface area contributed by atoms with E-state index in [0.29, 0.717) is 6.10 Å². The lowest BCUT2D eigenvalue weighted by molar-refractivity contribution is 0.00874. The van der Waals surface area contributed by atoms with Crippen LogP contribution in [-0.2, 0) is 4.74 Å². The van der Waals surface area contributed by atoms with Crippen LogP contribution in [0.3, 0.4) is 0 Å². The van der Waals surface area contributed by atoms with Crippen molar-refractivity contribution in [2.24, 2.45) is 0 Å². The monoisotopic (exact) mass is 244 g/mol. The molecule has 0 aromatic carbocycles. The Morgan fingerprint density at radius 1 is 1.21 bits per heavy atom. The Bertz CT molecular complexity index is 119. The van der Waals surface area contributed by atoms with E-state index in [9.17, 15) is 0 Å². The third-order valence-corrected chi connectivity index (χ3v) is 2.40. The number of likely N-dealkylation sites (N-methyl/N-ethyl adjacent to an activating group) is 1. The molecule has 0 saturated carbocycles. The summed E-state index contributed by atoms with van der Waals surface area (Å²) in [5, 5.41) is 3.19. The second-order valence-electron chi connectivity index (χ2n) is 3.18. The molecule has 0 unspecified atom stereocenters. The van der Waals surface area contributed by atoms with E-state index < -0.39 is 0 Å². The topological polar surface area (TPSA) is 24.5 Å². The third kappa shape index (κ3) is 6.04. The van der Waals surface area contributed by atoms with Gasteiger partial charge in [-0.05, 0) is 13.1 Å². The van der Waals surface area contributed by atoms with Crippen LogP contribution in [0.4, 0.5) is 0 Å². The van der Waals surface area contributed by atoms with Crippen molar-refractivity contribution in [2.75, 3.05) is 39.3 Å². The van der Waals surface area contributed by atoms with Crippen LogP contribution in [-0.4, -0.2) is 50.3 Å². The van der Waals surface area contributed by atoms with E-state index in [2.05, 4.69) is 24.1 Å². The Balaban J connectivity index is 0. The first kappa shape index (κ1) is 16.9. The van der Waals surface area contributed by atoms with Gasteiger partial charge in [-0.2, -0.15) is 0 Å². The number of hydrogen-bond donors (Lipinski definition) is 1. The van der Waals surface area contributed by atoms with Gasteiger partial charge < -0.3 is 15.0 Å². The lowest BCUT2D eigenvalue weighted by Crippen LogP contribution is -2.49. The smallest absolute Gasteiger partial charge is 0.0824 e. The molecular formula is C9H22Cl2N2O. The van der Waals surface area contributed by atoms with Crippen LogP contribution < -0.4 is 5.32 Å². The van der Waals surface area contributed by atoms with Crippen LogP contribution >= 0.6 is 24.8 Å². The van der Waals surface area contributed by atoms with Gasteiger partial charge >= 0.3 is 0 Å². The normalized spacial score (nSPS) is 15.6. The van der Waals surface area contributed by atoms with Gasteiger partial charge in [-0.1, -0.05) is 13.8 Å². The van der Waals surface area contributed by atoms with Gasteiger partial charge in [0.2, 0.25) is 0 Å². The standard InChI is InChI=1S/C9H20N2O.2ClH/c1-3-11(4-2)5-6-12-9-7-10-8-9;;/h9-10H,3-8H2,1-2H3;2*1H. The molecule has 0 aliphatic carbocycles. The number of hydrogen-bond acceptors (Lipinski definition) is 3. The molecule has 14 heavy (non-hydrogen) atoms. The molecule has 1 aliphatic heterocycles. The molecule has 5 heteroatoms. The van der Waals surface area contributed by atoms with Gasteiger partial charge in [0.1, 0.15) is 0 Å². The molecule has 1 aliphatic rings. The summed E-state index contributed by atoms with van der Waals surface area (Å²) in [7, 11) is 0. The fraction of sp³-hybridized carbons (Fsp3) is 1.00. The zero-order chi connectivity index (χ0) is 8.81. The molecule has 1 fully saturated rings. The average molecular weight is 245 g/mol. The maximum absolute atomic E-state index is 5.61. The second-order valence-corrected chi connectivity index (χ2v) is 3.18. The highest BCUT2D eigenvalue weighted by Gasteiger charge is 2.16. The van der Waals surface area contributed by atoms with Crippen molar-refractivity contribution >= 4 is 24.8 Å². The Morgan fingerprint density at radius 3 is 2.14 bits per heavy atom. The minimum atomic E-state index is 0. The molecule has 0 radical (unpaired) electrons. The Kier molecular flexibility index (Phi) is 12.0. The average Bonchev–Trinajstić information content (AvgIpc) is 2.02. The van der Waals surface area contributed by atoms with Crippen molar-refractivity contribution < 1.29 is 4.74 Å². The van der Waals surface area contributed by atoms with Crippen LogP contribution in [0.1, 0.15) is 13.8 Å². The number of nitrogens with one attached hydrogen (secondary N) is 1. The molecule has 3 nitrogen and oxygen atoms in total. The van der Waals surface area contributed by atoms with Crippen molar-refractivity contribution in [2.45, 2.75) is 20.0 Å². The molecule has 0 spiro atoms. The minimum Gasteiger partial charge on any atom is -0.374 e. The molecule has 1 heterocycles.